The summed E-state index contributed by atoms with van der Waals surface area (Å²) in [5, 5.41) is 3.63. The molecule has 1 atom stereocenters. The van der Waals surface area contributed by atoms with Crippen LogP contribution in [0, 0.1) is 13.8 Å². The van der Waals surface area contributed by atoms with Crippen molar-refractivity contribution in [3.8, 4) is 0 Å². The van der Waals surface area contributed by atoms with Gasteiger partial charge in [0.15, 0.2) is 6.10 Å². The van der Waals surface area contributed by atoms with E-state index in [0.717, 1.165) is 52.8 Å². The van der Waals surface area contributed by atoms with Crippen LogP contribution in [-0.2, 0) is 22.5 Å². The molecule has 0 aliphatic carbocycles. The van der Waals surface area contributed by atoms with Gasteiger partial charge in [0.1, 0.15) is 0 Å². The summed E-state index contributed by atoms with van der Waals surface area (Å²) in [6.45, 7) is 10.1. The molecule has 0 saturated carbocycles. The molecule has 32 heavy (non-hydrogen) atoms. The van der Waals surface area contributed by atoms with Crippen molar-refractivity contribution in [1.29, 1.82) is 0 Å². The predicted octanol–water partition coefficient (Wildman–Crippen LogP) is 4.41. The molecule has 1 aliphatic heterocycles. The normalized spacial score (nSPS) is 14.6. The second-order valence-electron chi connectivity index (χ2n) is 8.40. The number of esters is 1. The molecule has 1 aliphatic rings. The molecule has 6 nitrogen and oxygen atoms in total. The third-order valence-corrected chi connectivity index (χ3v) is 6.07. The third-order valence-electron chi connectivity index (χ3n) is 6.07. The zero-order valence-corrected chi connectivity index (χ0v) is 19.1. The van der Waals surface area contributed by atoms with Gasteiger partial charge in [0, 0.05) is 41.8 Å². The van der Waals surface area contributed by atoms with Crippen molar-refractivity contribution in [1.82, 2.24) is 9.88 Å². The van der Waals surface area contributed by atoms with Crippen molar-refractivity contribution in [2.75, 3.05) is 18.4 Å². The van der Waals surface area contributed by atoms with Gasteiger partial charge in [0.05, 0.1) is 11.1 Å². The molecule has 1 N–H and O–H groups in total. The van der Waals surface area contributed by atoms with Gasteiger partial charge in [-0.2, -0.15) is 0 Å². The van der Waals surface area contributed by atoms with Crippen molar-refractivity contribution in [3.05, 3.63) is 70.4 Å². The first-order valence-corrected chi connectivity index (χ1v) is 11.1. The SMILES string of the molecule is CCN1CCc2nc3ccccc3c(C(=O)OC(C)C(=O)Nc3ccc(C)cc3C)c2C1. The van der Waals surface area contributed by atoms with Crippen LogP contribution in [0.3, 0.4) is 0 Å². The van der Waals surface area contributed by atoms with Gasteiger partial charge in [-0.1, -0.05) is 42.8 Å². The fraction of sp³-hybridized carbons (Fsp3) is 0.346. The molecule has 0 saturated heterocycles. The van der Waals surface area contributed by atoms with E-state index in [0.29, 0.717) is 17.8 Å². The molecule has 1 aromatic heterocycles. The molecule has 0 bridgehead atoms. The monoisotopic (exact) mass is 431 g/mol. The van der Waals surface area contributed by atoms with Gasteiger partial charge in [-0.3, -0.25) is 14.7 Å². The van der Waals surface area contributed by atoms with Crippen LogP contribution in [0.1, 0.15) is 46.6 Å². The molecule has 1 unspecified atom stereocenters. The van der Waals surface area contributed by atoms with Crippen LogP contribution in [0.2, 0.25) is 0 Å². The average Bonchev–Trinajstić information content (AvgIpc) is 2.78. The molecular weight excluding hydrogens is 402 g/mol. The van der Waals surface area contributed by atoms with Gasteiger partial charge in [0.25, 0.3) is 5.91 Å². The second-order valence-corrected chi connectivity index (χ2v) is 8.40. The van der Waals surface area contributed by atoms with Crippen LogP contribution in [0.4, 0.5) is 5.69 Å². The Bertz CT molecular complexity index is 1190. The number of likely N-dealkylation sites (N-methyl/N-ethyl adjacent to an activating group) is 1. The Hall–Kier alpha value is -3.25. The number of aromatic nitrogens is 1. The molecule has 2 heterocycles. The topological polar surface area (TPSA) is 71.5 Å². The molecule has 1 amide bonds. The minimum absolute atomic E-state index is 0.354. The lowest BCUT2D eigenvalue weighted by Crippen LogP contribution is -2.34. The number of para-hydroxylation sites is 1. The Morgan fingerprint density at radius 2 is 1.97 bits per heavy atom. The molecule has 0 fully saturated rings. The summed E-state index contributed by atoms with van der Waals surface area (Å²) in [6.07, 6.45) is -0.145. The van der Waals surface area contributed by atoms with Crippen molar-refractivity contribution < 1.29 is 14.3 Å². The Labute approximate surface area is 188 Å². The molecular formula is C26H29N3O3. The number of pyridine rings is 1. The van der Waals surface area contributed by atoms with E-state index in [4.69, 9.17) is 9.72 Å². The minimum atomic E-state index is -0.934. The van der Waals surface area contributed by atoms with E-state index in [-0.39, 0.29) is 5.91 Å². The first-order valence-electron chi connectivity index (χ1n) is 11.1. The van der Waals surface area contributed by atoms with Crippen LogP contribution in [0.25, 0.3) is 10.9 Å². The molecule has 6 heteroatoms. The van der Waals surface area contributed by atoms with E-state index in [1.165, 1.54) is 0 Å². The number of benzene rings is 2. The van der Waals surface area contributed by atoms with Crippen LogP contribution in [0.5, 0.6) is 0 Å². The largest absolute Gasteiger partial charge is 0.449 e. The van der Waals surface area contributed by atoms with E-state index in [1.54, 1.807) is 6.92 Å². The number of carbonyl (C=O) groups is 2. The highest BCUT2D eigenvalue weighted by Crippen LogP contribution is 2.29. The quantitative estimate of drug-likeness (QED) is 0.606. The number of rotatable bonds is 5. The van der Waals surface area contributed by atoms with Crippen LogP contribution in [0.15, 0.2) is 42.5 Å². The number of amides is 1. The Morgan fingerprint density at radius 3 is 2.72 bits per heavy atom. The van der Waals surface area contributed by atoms with Gasteiger partial charge in [0.2, 0.25) is 0 Å². The summed E-state index contributed by atoms with van der Waals surface area (Å²) in [6, 6.07) is 13.4. The fourth-order valence-corrected chi connectivity index (χ4v) is 4.21. The standard InChI is InChI=1S/C26H29N3O3/c1-5-29-13-12-23-20(15-29)24(19-8-6-7-9-22(19)27-23)26(31)32-18(4)25(30)28-21-11-10-16(2)14-17(21)3/h6-11,14,18H,5,12-13,15H2,1-4H3,(H,28,30). The number of hydrogen-bond donors (Lipinski definition) is 1. The smallest absolute Gasteiger partial charge is 0.339 e. The van der Waals surface area contributed by atoms with Crippen LogP contribution in [-0.4, -0.2) is 41.0 Å². The highest BCUT2D eigenvalue weighted by molar-refractivity contribution is 6.06. The number of nitrogens with zero attached hydrogens (tertiary/aromatic N) is 2. The first-order chi connectivity index (χ1) is 15.4. The molecule has 4 rings (SSSR count). The molecule has 0 spiro atoms. The van der Waals surface area contributed by atoms with E-state index < -0.39 is 12.1 Å². The lowest BCUT2D eigenvalue weighted by atomic mass is 9.95. The zero-order chi connectivity index (χ0) is 22.8. The van der Waals surface area contributed by atoms with Crippen molar-refractivity contribution in [2.24, 2.45) is 0 Å². The van der Waals surface area contributed by atoms with E-state index >= 15 is 0 Å². The van der Waals surface area contributed by atoms with Crippen molar-refractivity contribution >= 4 is 28.5 Å². The minimum Gasteiger partial charge on any atom is -0.449 e. The van der Waals surface area contributed by atoms with Crippen molar-refractivity contribution in [2.45, 2.75) is 46.8 Å². The van der Waals surface area contributed by atoms with Gasteiger partial charge in [-0.15, -0.1) is 0 Å². The third kappa shape index (κ3) is 4.36. The van der Waals surface area contributed by atoms with Gasteiger partial charge in [-0.25, -0.2) is 4.79 Å². The summed E-state index contributed by atoms with van der Waals surface area (Å²) in [5.41, 5.74) is 5.94. The maximum Gasteiger partial charge on any atom is 0.339 e. The molecule has 2 aromatic carbocycles. The summed E-state index contributed by atoms with van der Waals surface area (Å²) >= 11 is 0. The number of carbonyl (C=O) groups excluding carboxylic acids is 2. The number of ether oxygens (including phenoxy) is 1. The zero-order valence-electron chi connectivity index (χ0n) is 19.1. The fourth-order valence-electron chi connectivity index (χ4n) is 4.21. The van der Waals surface area contributed by atoms with E-state index in [9.17, 15) is 9.59 Å². The first kappa shape index (κ1) is 22.0. The average molecular weight is 432 g/mol. The van der Waals surface area contributed by atoms with Gasteiger partial charge >= 0.3 is 5.97 Å². The predicted molar refractivity (Wildman–Crippen MR) is 126 cm³/mol. The van der Waals surface area contributed by atoms with Crippen LogP contribution >= 0.6 is 0 Å². The highest BCUT2D eigenvalue weighted by Gasteiger charge is 2.28. The summed E-state index contributed by atoms with van der Waals surface area (Å²) in [5.74, 6) is -0.839. The lowest BCUT2D eigenvalue weighted by Gasteiger charge is -2.29. The van der Waals surface area contributed by atoms with Gasteiger partial charge in [-0.05, 0) is 45.0 Å². The molecule has 0 radical (unpaired) electrons. The van der Waals surface area contributed by atoms with Gasteiger partial charge < -0.3 is 10.1 Å². The highest BCUT2D eigenvalue weighted by atomic mass is 16.5. The summed E-state index contributed by atoms with van der Waals surface area (Å²) in [7, 11) is 0. The number of hydrogen-bond acceptors (Lipinski definition) is 5. The summed E-state index contributed by atoms with van der Waals surface area (Å²) in [4.78, 5) is 33.2. The lowest BCUT2D eigenvalue weighted by molar-refractivity contribution is -0.123. The number of aryl methyl sites for hydroxylation is 2. The number of anilines is 1. The molecule has 166 valence electrons. The second kappa shape index (κ2) is 9.09. The maximum atomic E-state index is 13.4. The number of fused-ring (bicyclic) bond motifs is 2. The Kier molecular flexibility index (Phi) is 6.24. The Morgan fingerprint density at radius 1 is 1.19 bits per heavy atom. The number of nitrogens with one attached hydrogen (secondary N) is 1. The van der Waals surface area contributed by atoms with E-state index in [2.05, 4.69) is 17.1 Å². The maximum absolute atomic E-state index is 13.4. The van der Waals surface area contributed by atoms with Crippen molar-refractivity contribution in [3.63, 3.8) is 0 Å². The van der Waals surface area contributed by atoms with E-state index in [1.807, 2.05) is 56.3 Å². The Balaban J connectivity index is 1.61. The molecule has 3 aromatic rings. The summed E-state index contributed by atoms with van der Waals surface area (Å²) < 4.78 is 5.68. The van der Waals surface area contributed by atoms with Crippen LogP contribution < -0.4 is 5.32 Å².